The van der Waals surface area contributed by atoms with E-state index in [-0.39, 0.29) is 17.6 Å². The smallest absolute Gasteiger partial charge is 0.412 e. The number of phenols is 1. The van der Waals surface area contributed by atoms with Crippen LogP contribution in [0.25, 0.3) is 0 Å². The van der Waals surface area contributed by atoms with Gasteiger partial charge in [-0.25, -0.2) is 4.79 Å². The third-order valence-electron chi connectivity index (χ3n) is 6.07. The highest BCUT2D eigenvalue weighted by atomic mass is 16.6. The number of nitrogens with one attached hydrogen (secondary N) is 1. The Morgan fingerprint density at radius 1 is 1.29 bits per heavy atom. The molecule has 0 saturated heterocycles. The minimum absolute atomic E-state index is 0.0593. The number of nitrogens with two attached hydrogens (primary N) is 1. The molecule has 0 radical (unpaired) electrons. The first-order valence-electron chi connectivity index (χ1n) is 11.7. The highest BCUT2D eigenvalue weighted by Crippen LogP contribution is 2.47. The number of hydrogen-bond acceptors (Lipinski definition) is 4. The number of allylic oxidation sites excluding steroid dienone is 3. The van der Waals surface area contributed by atoms with Crippen LogP contribution in [0.15, 0.2) is 35.9 Å². The molecule has 0 aliphatic heterocycles. The van der Waals surface area contributed by atoms with Crippen molar-refractivity contribution < 1.29 is 14.6 Å². The summed E-state index contributed by atoms with van der Waals surface area (Å²) in [5, 5.41) is 13.8. The summed E-state index contributed by atoms with van der Waals surface area (Å²) in [6, 6.07) is 3.77. The number of aromatic hydroxyl groups is 1. The molecule has 2 atom stereocenters. The Balaban J connectivity index is 2.36. The van der Waals surface area contributed by atoms with Crippen LogP contribution in [0.3, 0.4) is 0 Å². The van der Waals surface area contributed by atoms with Gasteiger partial charge in [-0.3, -0.25) is 0 Å². The second kappa shape index (κ2) is 12.6. The van der Waals surface area contributed by atoms with Gasteiger partial charge >= 0.3 is 6.09 Å². The van der Waals surface area contributed by atoms with Crippen LogP contribution in [-0.4, -0.2) is 24.3 Å². The van der Waals surface area contributed by atoms with Crippen molar-refractivity contribution in [3.05, 3.63) is 47.1 Å². The Hall–Kier alpha value is -2.27. The predicted octanol–water partition coefficient (Wildman–Crippen LogP) is 5.97. The Morgan fingerprint density at radius 2 is 2.06 bits per heavy atom. The first kappa shape index (κ1) is 25.0. The zero-order valence-corrected chi connectivity index (χ0v) is 19.5. The van der Waals surface area contributed by atoms with Crippen LogP contribution in [0.4, 0.5) is 4.79 Å². The third kappa shape index (κ3) is 7.42. The van der Waals surface area contributed by atoms with Gasteiger partial charge in [0.25, 0.3) is 0 Å². The molecular weight excluding hydrogens is 388 g/mol. The van der Waals surface area contributed by atoms with E-state index in [0.717, 1.165) is 62.5 Å². The van der Waals surface area contributed by atoms with Crippen LogP contribution >= 0.6 is 0 Å². The number of benzene rings is 1. The third-order valence-corrected chi connectivity index (χ3v) is 6.07. The number of hydrogen-bond donors (Lipinski definition) is 3. The van der Waals surface area contributed by atoms with Crippen LogP contribution in [0.5, 0.6) is 11.5 Å². The number of amides is 1. The maximum absolute atomic E-state index is 12.5. The first-order valence-corrected chi connectivity index (χ1v) is 11.7. The summed E-state index contributed by atoms with van der Waals surface area (Å²) < 4.78 is 5.77. The van der Waals surface area contributed by atoms with E-state index in [9.17, 15) is 9.90 Å². The van der Waals surface area contributed by atoms with Crippen molar-refractivity contribution in [2.45, 2.75) is 78.1 Å². The lowest BCUT2D eigenvalue weighted by molar-refractivity contribution is 0.199. The van der Waals surface area contributed by atoms with Crippen LogP contribution in [0.1, 0.15) is 82.8 Å². The van der Waals surface area contributed by atoms with Gasteiger partial charge < -0.3 is 20.9 Å². The molecule has 172 valence electrons. The van der Waals surface area contributed by atoms with Crippen LogP contribution in [-0.2, 0) is 6.42 Å². The summed E-state index contributed by atoms with van der Waals surface area (Å²) in [7, 11) is 0. The molecule has 5 heteroatoms. The average molecular weight is 429 g/mol. The number of rotatable bonds is 11. The lowest BCUT2D eigenvalue weighted by atomic mass is 9.73. The van der Waals surface area contributed by atoms with Crippen molar-refractivity contribution in [2.24, 2.45) is 11.7 Å². The van der Waals surface area contributed by atoms with E-state index in [1.54, 1.807) is 0 Å². The summed E-state index contributed by atoms with van der Waals surface area (Å²) >= 11 is 0. The fourth-order valence-electron chi connectivity index (χ4n) is 4.31. The number of ether oxygens (including phenoxy) is 1. The fraction of sp³-hybridized carbons (Fsp3) is 0.577. The van der Waals surface area contributed by atoms with Crippen molar-refractivity contribution >= 4 is 6.09 Å². The van der Waals surface area contributed by atoms with Gasteiger partial charge in [-0.15, -0.1) is 0 Å². The van der Waals surface area contributed by atoms with Crippen LogP contribution < -0.4 is 15.8 Å². The number of unbranched alkanes of at least 4 members (excludes halogenated alkanes) is 3. The molecular formula is C26H40N2O3. The van der Waals surface area contributed by atoms with Crippen molar-refractivity contribution in [3.8, 4) is 11.5 Å². The minimum atomic E-state index is -0.494. The summed E-state index contributed by atoms with van der Waals surface area (Å²) in [5.41, 5.74) is 9.56. The summed E-state index contributed by atoms with van der Waals surface area (Å²) in [4.78, 5) is 12.5. The molecule has 0 saturated carbocycles. The fourth-order valence-corrected chi connectivity index (χ4v) is 4.31. The van der Waals surface area contributed by atoms with Gasteiger partial charge in [0.15, 0.2) is 0 Å². The quantitative estimate of drug-likeness (QED) is 0.299. The maximum Gasteiger partial charge on any atom is 0.412 e. The second-order valence-corrected chi connectivity index (χ2v) is 8.83. The van der Waals surface area contributed by atoms with Crippen molar-refractivity contribution in [1.82, 2.24) is 5.32 Å². The van der Waals surface area contributed by atoms with E-state index in [1.807, 2.05) is 19.1 Å². The molecule has 5 nitrogen and oxygen atoms in total. The maximum atomic E-state index is 12.5. The van der Waals surface area contributed by atoms with Gasteiger partial charge in [0.1, 0.15) is 11.5 Å². The number of phenolic OH excluding ortho intramolecular Hbond substituents is 1. The molecule has 31 heavy (non-hydrogen) atoms. The lowest BCUT2D eigenvalue weighted by Gasteiger charge is -2.32. The Morgan fingerprint density at radius 3 is 2.74 bits per heavy atom. The summed E-state index contributed by atoms with van der Waals surface area (Å²) in [6.45, 7) is 11.6. The lowest BCUT2D eigenvalue weighted by Crippen LogP contribution is -2.29. The topological polar surface area (TPSA) is 84.6 Å². The van der Waals surface area contributed by atoms with Crippen LogP contribution in [0.2, 0.25) is 0 Å². The highest BCUT2D eigenvalue weighted by Gasteiger charge is 2.31. The normalized spacial score (nSPS) is 18.4. The molecule has 1 aromatic carbocycles. The van der Waals surface area contributed by atoms with Gasteiger partial charge in [-0.2, -0.15) is 0 Å². The second-order valence-electron chi connectivity index (χ2n) is 8.83. The minimum Gasteiger partial charge on any atom is -0.507 e. The Labute approximate surface area is 187 Å². The molecule has 0 aromatic heterocycles. The SMILES string of the molecule is C=C(C)C1CCC(C)=CC1c1c(O)cc(CCCCC)cc1OC(=O)NCCCCN. The van der Waals surface area contributed by atoms with E-state index >= 15 is 0 Å². The molecule has 2 rings (SSSR count). The van der Waals surface area contributed by atoms with E-state index < -0.39 is 6.09 Å². The van der Waals surface area contributed by atoms with Crippen molar-refractivity contribution in [2.75, 3.05) is 13.1 Å². The monoisotopic (exact) mass is 428 g/mol. The van der Waals surface area contributed by atoms with E-state index in [4.69, 9.17) is 10.5 Å². The summed E-state index contributed by atoms with van der Waals surface area (Å²) in [5.74, 6) is 0.790. The van der Waals surface area contributed by atoms with Gasteiger partial charge in [0.2, 0.25) is 0 Å². The Kier molecular flexibility index (Phi) is 10.1. The largest absolute Gasteiger partial charge is 0.507 e. The highest BCUT2D eigenvalue weighted by molar-refractivity contribution is 5.72. The zero-order chi connectivity index (χ0) is 22.8. The predicted molar refractivity (Wildman–Crippen MR) is 128 cm³/mol. The van der Waals surface area contributed by atoms with E-state index in [0.29, 0.717) is 24.4 Å². The van der Waals surface area contributed by atoms with Gasteiger partial charge in [-0.1, -0.05) is 43.6 Å². The van der Waals surface area contributed by atoms with Gasteiger partial charge in [-0.05, 0) is 82.5 Å². The molecule has 0 spiro atoms. The molecule has 1 aromatic rings. The van der Waals surface area contributed by atoms with Gasteiger partial charge in [0, 0.05) is 18.0 Å². The number of aryl methyl sites for hydroxylation is 1. The van der Waals surface area contributed by atoms with Crippen LogP contribution in [0, 0.1) is 5.92 Å². The standard InChI is InChI=1S/C26H40N2O3/c1-5-6-7-10-20-16-23(29)25(22-15-19(4)11-12-21(22)18(2)3)24(17-20)31-26(30)28-14-9-8-13-27/h15-17,21-22,29H,2,5-14,27H2,1,3-4H3,(H,28,30). The zero-order valence-electron chi connectivity index (χ0n) is 19.5. The van der Waals surface area contributed by atoms with Crippen molar-refractivity contribution in [1.29, 1.82) is 0 Å². The van der Waals surface area contributed by atoms with Gasteiger partial charge in [0.05, 0.1) is 0 Å². The molecule has 1 amide bonds. The molecule has 1 aliphatic rings. The molecule has 1 aliphatic carbocycles. The molecule has 4 N–H and O–H groups in total. The molecule has 2 unspecified atom stereocenters. The molecule has 0 bridgehead atoms. The molecule has 0 fully saturated rings. The first-order chi connectivity index (χ1) is 14.9. The number of carbonyl (C=O) groups excluding carboxylic acids is 1. The number of carbonyl (C=O) groups is 1. The van der Waals surface area contributed by atoms with E-state index in [1.165, 1.54) is 5.57 Å². The van der Waals surface area contributed by atoms with E-state index in [2.05, 4.69) is 31.8 Å². The van der Waals surface area contributed by atoms with Crippen molar-refractivity contribution in [3.63, 3.8) is 0 Å². The Bertz CT molecular complexity index is 785. The average Bonchev–Trinajstić information content (AvgIpc) is 2.71. The molecule has 0 heterocycles. The summed E-state index contributed by atoms with van der Waals surface area (Å²) in [6.07, 6.45) is 9.50.